The van der Waals surface area contributed by atoms with Gasteiger partial charge in [0.25, 0.3) is 5.56 Å². The third-order valence-electron chi connectivity index (χ3n) is 1.30. The number of hydrogen-bond donors (Lipinski definition) is 1. The molecule has 0 fully saturated rings. The Morgan fingerprint density at radius 2 is 2.33 bits per heavy atom. The van der Waals surface area contributed by atoms with E-state index in [1.165, 1.54) is 23.1 Å². The van der Waals surface area contributed by atoms with Gasteiger partial charge in [-0.15, -0.1) is 5.10 Å². The highest BCUT2D eigenvalue weighted by Crippen LogP contribution is 1.90. The fraction of sp³-hybridized carbons (Fsp3) is 0. The molecule has 0 bridgehead atoms. The van der Waals surface area contributed by atoms with Crippen molar-refractivity contribution in [2.45, 2.75) is 0 Å². The Labute approximate surface area is 66.9 Å². The van der Waals surface area contributed by atoms with Crippen LogP contribution in [0.2, 0.25) is 0 Å². The molecule has 0 saturated carbocycles. The largest absolute Gasteiger partial charge is 0.291 e. The molecule has 60 valence electrons. The lowest BCUT2D eigenvalue weighted by Gasteiger charge is -1.94. The molecule has 0 unspecified atom stereocenters. The van der Waals surface area contributed by atoms with Crippen molar-refractivity contribution in [3.8, 4) is 5.95 Å². The van der Waals surface area contributed by atoms with Gasteiger partial charge in [0, 0.05) is 12.3 Å². The number of nitrogens with one attached hydrogen (secondary N) is 1. The highest BCUT2D eigenvalue weighted by molar-refractivity contribution is 5.05. The first kappa shape index (κ1) is 6.71. The maximum atomic E-state index is 10.8. The second-order valence-corrected chi connectivity index (χ2v) is 2.11. The van der Waals surface area contributed by atoms with E-state index in [2.05, 4.69) is 20.3 Å². The van der Waals surface area contributed by atoms with E-state index in [1.807, 2.05) is 0 Å². The average Bonchev–Trinajstić information content (AvgIpc) is 2.56. The first-order valence-corrected chi connectivity index (χ1v) is 3.28. The van der Waals surface area contributed by atoms with Gasteiger partial charge in [0.1, 0.15) is 0 Å². The van der Waals surface area contributed by atoms with Crippen molar-refractivity contribution in [2.24, 2.45) is 0 Å². The van der Waals surface area contributed by atoms with Crippen LogP contribution >= 0.6 is 0 Å². The average molecular weight is 163 g/mol. The molecule has 6 heteroatoms. The lowest BCUT2D eigenvalue weighted by molar-refractivity contribution is 0.750. The van der Waals surface area contributed by atoms with Crippen molar-refractivity contribution in [3.63, 3.8) is 0 Å². The van der Waals surface area contributed by atoms with Crippen LogP contribution in [0.1, 0.15) is 0 Å². The molecular formula is C6H5N5O. The normalized spacial score (nSPS) is 10.0. The van der Waals surface area contributed by atoms with E-state index in [9.17, 15) is 4.79 Å². The van der Waals surface area contributed by atoms with Crippen molar-refractivity contribution < 1.29 is 0 Å². The Balaban J connectivity index is 2.55. The van der Waals surface area contributed by atoms with Crippen molar-refractivity contribution in [3.05, 3.63) is 35.0 Å². The topological polar surface area (TPSA) is 76.5 Å². The van der Waals surface area contributed by atoms with Gasteiger partial charge in [0.2, 0.25) is 5.95 Å². The smallest absolute Gasteiger partial charge is 0.252 e. The van der Waals surface area contributed by atoms with Crippen LogP contribution in [0.5, 0.6) is 0 Å². The van der Waals surface area contributed by atoms with Crippen LogP contribution < -0.4 is 5.56 Å². The van der Waals surface area contributed by atoms with Crippen molar-refractivity contribution in [1.29, 1.82) is 0 Å². The van der Waals surface area contributed by atoms with Gasteiger partial charge in [-0.05, 0) is 0 Å². The van der Waals surface area contributed by atoms with Crippen LogP contribution in [0.4, 0.5) is 0 Å². The van der Waals surface area contributed by atoms with Gasteiger partial charge >= 0.3 is 0 Å². The molecule has 0 radical (unpaired) electrons. The number of nitrogens with zero attached hydrogens (tertiary/aromatic N) is 4. The molecule has 2 rings (SSSR count). The molecule has 0 atom stereocenters. The van der Waals surface area contributed by atoms with Crippen LogP contribution in [0.3, 0.4) is 0 Å². The third-order valence-corrected chi connectivity index (χ3v) is 1.30. The first-order chi connectivity index (χ1) is 5.86. The molecule has 0 amide bonds. The lowest BCUT2D eigenvalue weighted by atomic mass is 10.6. The predicted octanol–water partition coefficient (Wildman–Crippen LogP) is -0.649. The monoisotopic (exact) mass is 163 g/mol. The van der Waals surface area contributed by atoms with Crippen LogP contribution in [0.25, 0.3) is 5.95 Å². The molecule has 0 aliphatic rings. The summed E-state index contributed by atoms with van der Waals surface area (Å²) in [4.78, 5) is 17.2. The van der Waals surface area contributed by atoms with Crippen molar-refractivity contribution in [2.75, 3.05) is 0 Å². The summed E-state index contributed by atoms with van der Waals surface area (Å²) in [5.41, 5.74) is -0.212. The molecule has 2 aromatic rings. The zero-order chi connectivity index (χ0) is 8.39. The SMILES string of the molecule is O=c1ccnc(-n2ccnn2)[nH]1. The highest BCUT2D eigenvalue weighted by Gasteiger charge is 1.96. The quantitative estimate of drug-likeness (QED) is 0.606. The molecule has 2 aromatic heterocycles. The van der Waals surface area contributed by atoms with Gasteiger partial charge in [-0.1, -0.05) is 5.21 Å². The predicted molar refractivity (Wildman–Crippen MR) is 39.8 cm³/mol. The maximum Gasteiger partial charge on any atom is 0.252 e. The van der Waals surface area contributed by atoms with E-state index in [0.29, 0.717) is 5.95 Å². The van der Waals surface area contributed by atoms with Gasteiger partial charge in [-0.2, -0.15) is 4.68 Å². The standard InChI is InChI=1S/C6H5N5O/c12-5-1-2-7-6(9-5)11-4-3-8-10-11/h1-4H,(H,7,9,12). The molecule has 0 aliphatic carbocycles. The molecule has 0 aliphatic heterocycles. The second kappa shape index (κ2) is 2.57. The molecule has 0 aromatic carbocycles. The zero-order valence-corrected chi connectivity index (χ0v) is 6.01. The number of hydrogen-bond acceptors (Lipinski definition) is 4. The minimum absolute atomic E-state index is 0.212. The fourth-order valence-electron chi connectivity index (χ4n) is 0.797. The van der Waals surface area contributed by atoms with Gasteiger partial charge in [-0.25, -0.2) is 4.98 Å². The number of H-pyrrole nitrogens is 1. The Morgan fingerprint density at radius 1 is 1.42 bits per heavy atom. The summed E-state index contributed by atoms with van der Waals surface area (Å²) in [6.07, 6.45) is 4.51. The Hall–Kier alpha value is -1.98. The van der Waals surface area contributed by atoms with E-state index >= 15 is 0 Å². The van der Waals surface area contributed by atoms with E-state index < -0.39 is 0 Å². The summed E-state index contributed by atoms with van der Waals surface area (Å²) in [6.45, 7) is 0. The summed E-state index contributed by atoms with van der Waals surface area (Å²) in [5.74, 6) is 0.361. The Kier molecular flexibility index (Phi) is 1.44. The van der Waals surface area contributed by atoms with Gasteiger partial charge in [0.05, 0.1) is 12.4 Å². The van der Waals surface area contributed by atoms with E-state index in [1.54, 1.807) is 6.20 Å². The number of rotatable bonds is 1. The zero-order valence-electron chi connectivity index (χ0n) is 6.01. The minimum atomic E-state index is -0.212. The Morgan fingerprint density at radius 3 is 3.00 bits per heavy atom. The van der Waals surface area contributed by atoms with E-state index in [-0.39, 0.29) is 5.56 Å². The Bertz CT molecular complexity index is 418. The summed E-state index contributed by atoms with van der Waals surface area (Å²) < 4.78 is 1.38. The molecule has 1 N–H and O–H groups in total. The minimum Gasteiger partial charge on any atom is -0.291 e. The highest BCUT2D eigenvalue weighted by atomic mass is 16.1. The third kappa shape index (κ3) is 1.09. The van der Waals surface area contributed by atoms with Crippen LogP contribution in [-0.2, 0) is 0 Å². The molecule has 0 saturated heterocycles. The van der Waals surface area contributed by atoms with E-state index in [0.717, 1.165) is 0 Å². The van der Waals surface area contributed by atoms with Gasteiger partial charge in [-0.3, -0.25) is 9.78 Å². The second-order valence-electron chi connectivity index (χ2n) is 2.11. The molecule has 0 spiro atoms. The summed E-state index contributed by atoms with van der Waals surface area (Å²) in [6, 6.07) is 1.33. The molecular weight excluding hydrogens is 158 g/mol. The fourth-order valence-corrected chi connectivity index (χ4v) is 0.797. The number of aromatic amines is 1. The van der Waals surface area contributed by atoms with Crippen molar-refractivity contribution >= 4 is 0 Å². The van der Waals surface area contributed by atoms with Crippen LogP contribution in [0.15, 0.2) is 29.5 Å². The summed E-state index contributed by atoms with van der Waals surface area (Å²) in [7, 11) is 0. The van der Waals surface area contributed by atoms with Crippen molar-refractivity contribution in [1.82, 2.24) is 25.0 Å². The molecule has 2 heterocycles. The number of aromatic nitrogens is 5. The molecule has 12 heavy (non-hydrogen) atoms. The van der Waals surface area contributed by atoms with E-state index in [4.69, 9.17) is 0 Å². The summed E-state index contributed by atoms with van der Waals surface area (Å²) >= 11 is 0. The van der Waals surface area contributed by atoms with Gasteiger partial charge in [0.15, 0.2) is 0 Å². The summed E-state index contributed by atoms with van der Waals surface area (Å²) in [5, 5.41) is 7.24. The maximum absolute atomic E-state index is 10.8. The van der Waals surface area contributed by atoms with Crippen LogP contribution in [-0.4, -0.2) is 25.0 Å². The first-order valence-electron chi connectivity index (χ1n) is 3.28. The lowest BCUT2D eigenvalue weighted by Crippen LogP contribution is -2.11. The molecule has 6 nitrogen and oxygen atoms in total. The van der Waals surface area contributed by atoms with Crippen LogP contribution in [0, 0.1) is 0 Å². The van der Waals surface area contributed by atoms with Gasteiger partial charge < -0.3 is 0 Å².